The SMILES string of the molecule is COc1cccc(NC(=O)c2c(-c3ccc(F)cc3)c(-c3ccc(F)cc3)c(C=C[C@@H](O)C[C@@H](O)CC(=O)O)n2C(C)C)c1.[NaH]. The molecule has 0 radical (unpaired) electrons. The van der Waals surface area contributed by atoms with Crippen molar-refractivity contribution < 1.29 is 38.4 Å². The summed E-state index contributed by atoms with van der Waals surface area (Å²) < 4.78 is 35.2. The van der Waals surface area contributed by atoms with Crippen LogP contribution in [0.15, 0.2) is 78.9 Å². The standard InChI is InChI=1S/C34H34F2N2O6.Na.H/c1-20(2)38-29(16-15-26(39)18-27(40)19-30(41)42)31(21-7-11-23(35)12-8-21)32(22-9-13-24(36)14-10-22)33(38)34(43)37-25-5-4-6-28(17-25)44-3;;/h4-17,20,26-27,39-40H,18-19H2,1-3H3,(H,37,43)(H,41,42);;/t26-,27-;;/m1../s1. The molecule has 4 aromatic rings. The molecule has 1 amide bonds. The summed E-state index contributed by atoms with van der Waals surface area (Å²) in [4.78, 5) is 25.2. The molecular formula is C34H35F2N2NaO6. The van der Waals surface area contributed by atoms with Gasteiger partial charge in [-0.3, -0.25) is 9.59 Å². The molecule has 11 heteroatoms. The number of aliphatic carboxylic acids is 1. The molecule has 0 aliphatic heterocycles. The number of methoxy groups -OCH3 is 1. The van der Waals surface area contributed by atoms with Gasteiger partial charge in [-0.15, -0.1) is 0 Å². The van der Waals surface area contributed by atoms with Crippen molar-refractivity contribution in [1.82, 2.24) is 4.57 Å². The third kappa shape index (κ3) is 8.90. The molecule has 0 aliphatic rings. The Morgan fingerprint density at radius 2 is 1.51 bits per heavy atom. The third-order valence-electron chi connectivity index (χ3n) is 6.97. The summed E-state index contributed by atoms with van der Waals surface area (Å²) >= 11 is 0. The number of carboxylic acid groups (broad SMARTS) is 1. The number of ether oxygens (including phenoxy) is 1. The van der Waals surface area contributed by atoms with Crippen LogP contribution in [-0.2, 0) is 4.79 Å². The number of anilines is 1. The number of carboxylic acids is 1. The summed E-state index contributed by atoms with van der Waals surface area (Å²) in [6, 6.07) is 17.9. The van der Waals surface area contributed by atoms with Gasteiger partial charge in [0.1, 0.15) is 23.1 Å². The number of benzene rings is 3. The Balaban J connectivity index is 0.00000552. The van der Waals surface area contributed by atoms with Gasteiger partial charge in [-0.1, -0.05) is 36.4 Å². The molecule has 0 aliphatic carbocycles. The molecule has 1 aromatic heterocycles. The average Bonchev–Trinajstić information content (AvgIpc) is 3.32. The average molecular weight is 629 g/mol. The van der Waals surface area contributed by atoms with Gasteiger partial charge in [0.25, 0.3) is 5.91 Å². The zero-order chi connectivity index (χ0) is 32.0. The van der Waals surface area contributed by atoms with E-state index in [1.807, 2.05) is 13.8 Å². The topological polar surface area (TPSA) is 121 Å². The van der Waals surface area contributed by atoms with Crippen LogP contribution in [0.3, 0.4) is 0 Å². The number of carbonyl (C=O) groups excluding carboxylic acids is 1. The van der Waals surface area contributed by atoms with Gasteiger partial charge in [0.15, 0.2) is 0 Å². The molecule has 0 saturated heterocycles. The Hall–Kier alpha value is -3.80. The first-order valence-electron chi connectivity index (χ1n) is 14.0. The van der Waals surface area contributed by atoms with Crippen LogP contribution in [0, 0.1) is 11.6 Å². The number of nitrogens with one attached hydrogen (secondary N) is 1. The molecule has 0 unspecified atom stereocenters. The maximum atomic E-state index is 14.2. The first-order valence-corrected chi connectivity index (χ1v) is 14.0. The number of aliphatic hydroxyl groups is 2. The van der Waals surface area contributed by atoms with Crippen LogP contribution in [-0.4, -0.2) is 80.6 Å². The van der Waals surface area contributed by atoms with Crippen molar-refractivity contribution in [3.63, 3.8) is 0 Å². The fraction of sp³-hybridized carbons (Fsp3) is 0.235. The first kappa shape index (κ1) is 35.7. The number of halogens is 2. The molecule has 8 nitrogen and oxygen atoms in total. The first-order chi connectivity index (χ1) is 21.0. The molecule has 45 heavy (non-hydrogen) atoms. The van der Waals surface area contributed by atoms with Gasteiger partial charge in [-0.05, 0) is 67.4 Å². The van der Waals surface area contributed by atoms with E-state index >= 15 is 0 Å². The minimum atomic E-state index is -1.28. The molecule has 0 fully saturated rings. The molecule has 4 N–H and O–H groups in total. The van der Waals surface area contributed by atoms with Crippen molar-refractivity contribution in [2.24, 2.45) is 0 Å². The monoisotopic (exact) mass is 628 g/mol. The second kappa shape index (κ2) is 16.0. The van der Waals surface area contributed by atoms with Gasteiger partial charge in [-0.2, -0.15) is 0 Å². The van der Waals surface area contributed by atoms with Crippen molar-refractivity contribution in [2.45, 2.75) is 44.9 Å². The Bertz CT molecular complexity index is 1650. The van der Waals surface area contributed by atoms with Crippen LogP contribution in [0.4, 0.5) is 14.5 Å². The number of hydrogen-bond acceptors (Lipinski definition) is 5. The maximum absolute atomic E-state index is 14.2. The zero-order valence-electron chi connectivity index (χ0n) is 24.5. The summed E-state index contributed by atoms with van der Waals surface area (Å²) in [6.07, 6.45) is -0.261. The van der Waals surface area contributed by atoms with Crippen LogP contribution in [0.2, 0.25) is 0 Å². The van der Waals surface area contributed by atoms with E-state index < -0.39 is 42.1 Å². The Labute approximate surface area is 282 Å². The van der Waals surface area contributed by atoms with Crippen molar-refractivity contribution in [1.29, 1.82) is 0 Å². The van der Waals surface area contributed by atoms with E-state index in [4.69, 9.17) is 9.84 Å². The summed E-state index contributed by atoms with van der Waals surface area (Å²) in [7, 11) is 1.51. The van der Waals surface area contributed by atoms with E-state index in [2.05, 4.69) is 5.32 Å². The molecule has 0 saturated carbocycles. The summed E-state index contributed by atoms with van der Waals surface area (Å²) in [5, 5.41) is 32.6. The number of rotatable bonds is 12. The fourth-order valence-corrected chi connectivity index (χ4v) is 5.07. The fourth-order valence-electron chi connectivity index (χ4n) is 5.07. The normalized spacial score (nSPS) is 12.5. The Kier molecular flexibility index (Phi) is 12.7. The van der Waals surface area contributed by atoms with Crippen molar-refractivity contribution in [3.8, 4) is 28.0 Å². The van der Waals surface area contributed by atoms with E-state index in [1.165, 1.54) is 37.5 Å². The van der Waals surface area contributed by atoms with Crippen molar-refractivity contribution >= 4 is 53.2 Å². The Morgan fingerprint density at radius 1 is 0.933 bits per heavy atom. The number of amides is 1. The van der Waals surface area contributed by atoms with Gasteiger partial charge in [0.05, 0.1) is 25.7 Å². The predicted octanol–water partition coefficient (Wildman–Crippen LogP) is 5.89. The predicted molar refractivity (Wildman–Crippen MR) is 172 cm³/mol. The number of carbonyl (C=O) groups is 2. The van der Waals surface area contributed by atoms with E-state index in [-0.39, 0.29) is 47.7 Å². The number of aromatic nitrogens is 1. The van der Waals surface area contributed by atoms with E-state index in [0.29, 0.717) is 39.4 Å². The molecule has 3 aromatic carbocycles. The number of nitrogens with zero attached hydrogens (tertiary/aromatic N) is 1. The van der Waals surface area contributed by atoms with Gasteiger partial charge in [-0.25, -0.2) is 8.78 Å². The van der Waals surface area contributed by atoms with Crippen molar-refractivity contribution in [2.75, 3.05) is 12.4 Å². The zero-order valence-corrected chi connectivity index (χ0v) is 24.5. The van der Waals surface area contributed by atoms with E-state index in [9.17, 15) is 28.6 Å². The quantitative estimate of drug-likeness (QED) is 0.145. The van der Waals surface area contributed by atoms with Crippen LogP contribution in [0.1, 0.15) is 48.9 Å². The number of hydrogen-bond donors (Lipinski definition) is 4. The summed E-state index contributed by atoms with van der Waals surface area (Å²) in [5.74, 6) is -2.07. The second-order valence-corrected chi connectivity index (χ2v) is 10.6. The van der Waals surface area contributed by atoms with Crippen LogP contribution < -0.4 is 10.1 Å². The molecule has 1 heterocycles. The van der Waals surface area contributed by atoms with Gasteiger partial charge >= 0.3 is 35.5 Å². The van der Waals surface area contributed by atoms with E-state index in [0.717, 1.165) is 0 Å². The van der Waals surface area contributed by atoms with Gasteiger partial charge < -0.3 is 29.9 Å². The van der Waals surface area contributed by atoms with Crippen LogP contribution in [0.5, 0.6) is 5.75 Å². The molecule has 232 valence electrons. The summed E-state index contributed by atoms with van der Waals surface area (Å²) in [5.41, 5.74) is 3.23. The molecule has 4 rings (SSSR count). The number of aliphatic hydroxyl groups excluding tert-OH is 2. The van der Waals surface area contributed by atoms with Gasteiger partial charge in [0.2, 0.25) is 0 Å². The minimum absolute atomic E-state index is 0. The molecule has 2 atom stereocenters. The molecule has 0 spiro atoms. The Morgan fingerprint density at radius 3 is 2.04 bits per heavy atom. The van der Waals surface area contributed by atoms with Crippen LogP contribution >= 0.6 is 0 Å². The third-order valence-corrected chi connectivity index (χ3v) is 6.97. The second-order valence-electron chi connectivity index (χ2n) is 10.6. The van der Waals surface area contributed by atoms with Crippen molar-refractivity contribution in [3.05, 3.63) is 102 Å². The van der Waals surface area contributed by atoms with Crippen LogP contribution in [0.25, 0.3) is 28.3 Å². The summed E-state index contributed by atoms with van der Waals surface area (Å²) in [6.45, 7) is 3.74. The van der Waals surface area contributed by atoms with E-state index in [1.54, 1.807) is 59.2 Å². The van der Waals surface area contributed by atoms with Gasteiger partial charge in [0, 0.05) is 41.0 Å². The molecular weight excluding hydrogens is 593 g/mol. The molecule has 0 bridgehead atoms.